The third kappa shape index (κ3) is 4.60. The fourth-order valence-electron chi connectivity index (χ4n) is 2.60. The van der Waals surface area contributed by atoms with E-state index in [1.54, 1.807) is 13.8 Å². The van der Waals surface area contributed by atoms with Crippen molar-refractivity contribution < 1.29 is 27.1 Å². The first-order valence-electron chi connectivity index (χ1n) is 8.24. The molecule has 9 heteroatoms. The van der Waals surface area contributed by atoms with E-state index in [0.717, 1.165) is 6.07 Å². The summed E-state index contributed by atoms with van der Waals surface area (Å²) < 4.78 is 50.8. The zero-order valence-corrected chi connectivity index (χ0v) is 15.2. The van der Waals surface area contributed by atoms with E-state index in [-0.39, 0.29) is 36.9 Å². The number of amides is 1. The summed E-state index contributed by atoms with van der Waals surface area (Å²) >= 11 is 0. The first kappa shape index (κ1) is 19.5. The Labute approximate surface area is 147 Å². The lowest BCUT2D eigenvalue weighted by atomic mass is 10.3. The first-order valence-corrected chi connectivity index (χ1v) is 9.68. The van der Waals surface area contributed by atoms with Crippen LogP contribution in [-0.2, 0) is 14.8 Å². The Kier molecular flexibility index (Phi) is 6.60. The number of halogens is 1. The second kappa shape index (κ2) is 8.48. The molecule has 1 aromatic rings. The van der Waals surface area contributed by atoms with Gasteiger partial charge in [-0.15, -0.1) is 0 Å². The van der Waals surface area contributed by atoms with Gasteiger partial charge >= 0.3 is 6.09 Å². The second-order valence-corrected chi connectivity index (χ2v) is 7.41. The molecule has 0 aliphatic carbocycles. The number of nitrogens with zero attached hydrogens (tertiary/aromatic N) is 2. The van der Waals surface area contributed by atoms with Crippen molar-refractivity contribution in [1.82, 2.24) is 9.21 Å². The molecule has 2 rings (SSSR count). The lowest BCUT2D eigenvalue weighted by Gasteiger charge is -2.21. The van der Waals surface area contributed by atoms with Gasteiger partial charge < -0.3 is 14.4 Å². The Morgan fingerprint density at radius 2 is 1.92 bits per heavy atom. The highest BCUT2D eigenvalue weighted by molar-refractivity contribution is 7.89. The van der Waals surface area contributed by atoms with Crippen molar-refractivity contribution in [3.8, 4) is 5.75 Å². The Morgan fingerprint density at radius 3 is 2.56 bits per heavy atom. The van der Waals surface area contributed by atoms with Crippen LogP contribution in [0.3, 0.4) is 0 Å². The Bertz CT molecular complexity index is 710. The maximum absolute atomic E-state index is 14.0. The highest BCUT2D eigenvalue weighted by Gasteiger charge is 2.29. The van der Waals surface area contributed by atoms with Gasteiger partial charge in [0, 0.05) is 26.2 Å². The van der Waals surface area contributed by atoms with Crippen molar-refractivity contribution in [2.45, 2.75) is 25.2 Å². The van der Waals surface area contributed by atoms with Gasteiger partial charge in [0.2, 0.25) is 10.0 Å². The molecule has 0 atom stereocenters. The molecule has 7 nitrogen and oxygen atoms in total. The predicted molar refractivity (Wildman–Crippen MR) is 89.5 cm³/mol. The lowest BCUT2D eigenvalue weighted by Crippen LogP contribution is -2.37. The molecular formula is C16H23FN2O5S. The minimum Gasteiger partial charge on any atom is -0.491 e. The third-order valence-electron chi connectivity index (χ3n) is 3.82. The second-order valence-electron chi connectivity index (χ2n) is 5.47. The van der Waals surface area contributed by atoms with E-state index in [0.29, 0.717) is 19.6 Å². The van der Waals surface area contributed by atoms with E-state index in [4.69, 9.17) is 9.47 Å². The van der Waals surface area contributed by atoms with Crippen LogP contribution in [0.2, 0.25) is 0 Å². The van der Waals surface area contributed by atoms with E-state index < -0.39 is 21.9 Å². The fraction of sp³-hybridized carbons (Fsp3) is 0.562. The SMILES string of the molecule is CCOC(=O)N1CCCN(S(=O)(=O)c2ccc(OCC)c(F)c2)CC1. The first-order chi connectivity index (χ1) is 11.9. The van der Waals surface area contributed by atoms with Crippen molar-refractivity contribution in [2.75, 3.05) is 39.4 Å². The largest absolute Gasteiger partial charge is 0.491 e. The molecule has 0 aromatic heterocycles. The van der Waals surface area contributed by atoms with Crippen LogP contribution in [0.15, 0.2) is 23.1 Å². The summed E-state index contributed by atoms with van der Waals surface area (Å²) in [6.07, 6.45) is 0.0336. The summed E-state index contributed by atoms with van der Waals surface area (Å²) in [6.45, 7) is 5.04. The summed E-state index contributed by atoms with van der Waals surface area (Å²) in [4.78, 5) is 13.2. The molecule has 1 saturated heterocycles. The highest BCUT2D eigenvalue weighted by Crippen LogP contribution is 2.24. The summed E-state index contributed by atoms with van der Waals surface area (Å²) in [7, 11) is -3.84. The molecule has 1 fully saturated rings. The summed E-state index contributed by atoms with van der Waals surface area (Å²) in [6, 6.07) is 3.61. The van der Waals surface area contributed by atoms with Crippen LogP contribution in [0.25, 0.3) is 0 Å². The summed E-state index contributed by atoms with van der Waals surface area (Å²) in [5.41, 5.74) is 0. The molecule has 0 unspecified atom stereocenters. The van der Waals surface area contributed by atoms with Gasteiger partial charge in [-0.3, -0.25) is 0 Å². The number of carbonyl (C=O) groups excluding carboxylic acids is 1. The standard InChI is InChI=1S/C16H23FN2O5S/c1-3-23-15-7-6-13(12-14(15)17)25(21,22)19-9-5-8-18(10-11-19)16(20)24-4-2/h6-7,12H,3-5,8-11H2,1-2H3. The number of hydrogen-bond acceptors (Lipinski definition) is 5. The van der Waals surface area contributed by atoms with Crippen LogP contribution < -0.4 is 4.74 Å². The average molecular weight is 374 g/mol. The minimum absolute atomic E-state index is 0.0193. The van der Waals surface area contributed by atoms with Crippen molar-refractivity contribution in [3.05, 3.63) is 24.0 Å². The van der Waals surface area contributed by atoms with Gasteiger partial charge in [0.25, 0.3) is 0 Å². The smallest absolute Gasteiger partial charge is 0.409 e. The van der Waals surface area contributed by atoms with E-state index in [2.05, 4.69) is 0 Å². The molecule has 1 aliphatic heterocycles. The van der Waals surface area contributed by atoms with Crippen LogP contribution >= 0.6 is 0 Å². The number of sulfonamides is 1. The molecule has 0 saturated carbocycles. The molecule has 0 N–H and O–H groups in total. The molecule has 0 bridgehead atoms. The Morgan fingerprint density at radius 1 is 1.16 bits per heavy atom. The van der Waals surface area contributed by atoms with Crippen molar-refractivity contribution >= 4 is 16.1 Å². The maximum Gasteiger partial charge on any atom is 0.409 e. The Balaban J connectivity index is 2.14. The van der Waals surface area contributed by atoms with Crippen molar-refractivity contribution in [1.29, 1.82) is 0 Å². The van der Waals surface area contributed by atoms with Crippen LogP contribution in [0, 0.1) is 5.82 Å². The van der Waals surface area contributed by atoms with Crippen LogP contribution in [0.5, 0.6) is 5.75 Å². The quantitative estimate of drug-likeness (QED) is 0.789. The maximum atomic E-state index is 14.0. The highest BCUT2D eigenvalue weighted by atomic mass is 32.2. The third-order valence-corrected chi connectivity index (χ3v) is 5.72. The van der Waals surface area contributed by atoms with Crippen molar-refractivity contribution in [2.24, 2.45) is 0 Å². The molecule has 1 aliphatic rings. The number of rotatable bonds is 5. The lowest BCUT2D eigenvalue weighted by molar-refractivity contribution is 0.109. The summed E-state index contributed by atoms with van der Waals surface area (Å²) in [5.74, 6) is -0.698. The summed E-state index contributed by atoms with van der Waals surface area (Å²) in [5, 5.41) is 0. The predicted octanol–water partition coefficient (Wildman–Crippen LogP) is 2.08. The van der Waals surface area contributed by atoms with Gasteiger partial charge in [0.15, 0.2) is 11.6 Å². The molecule has 0 radical (unpaired) electrons. The molecule has 1 aromatic carbocycles. The van der Waals surface area contributed by atoms with Gasteiger partial charge in [-0.2, -0.15) is 4.31 Å². The van der Waals surface area contributed by atoms with Gasteiger partial charge in [-0.25, -0.2) is 17.6 Å². The molecule has 140 valence electrons. The van der Waals surface area contributed by atoms with E-state index in [1.165, 1.54) is 21.3 Å². The van der Waals surface area contributed by atoms with Gasteiger partial charge in [0.1, 0.15) is 0 Å². The van der Waals surface area contributed by atoms with E-state index in [9.17, 15) is 17.6 Å². The normalized spacial score (nSPS) is 16.4. The zero-order valence-electron chi connectivity index (χ0n) is 14.4. The van der Waals surface area contributed by atoms with Crippen LogP contribution in [-0.4, -0.2) is 63.1 Å². The van der Waals surface area contributed by atoms with Crippen LogP contribution in [0.4, 0.5) is 9.18 Å². The number of ether oxygens (including phenoxy) is 2. The fourth-order valence-corrected chi connectivity index (χ4v) is 4.08. The molecule has 1 amide bonds. The number of benzene rings is 1. The minimum atomic E-state index is -3.84. The molecular weight excluding hydrogens is 351 g/mol. The van der Waals surface area contributed by atoms with E-state index >= 15 is 0 Å². The molecule has 0 spiro atoms. The van der Waals surface area contributed by atoms with Gasteiger partial charge in [-0.1, -0.05) is 0 Å². The van der Waals surface area contributed by atoms with Gasteiger partial charge in [0.05, 0.1) is 18.1 Å². The van der Waals surface area contributed by atoms with Gasteiger partial charge in [-0.05, 0) is 38.5 Å². The Hall–Kier alpha value is -1.87. The topological polar surface area (TPSA) is 76.2 Å². The molecule has 25 heavy (non-hydrogen) atoms. The zero-order chi connectivity index (χ0) is 18.4. The van der Waals surface area contributed by atoms with Crippen molar-refractivity contribution in [3.63, 3.8) is 0 Å². The number of carbonyl (C=O) groups is 1. The monoisotopic (exact) mass is 374 g/mol. The molecule has 1 heterocycles. The van der Waals surface area contributed by atoms with Crippen LogP contribution in [0.1, 0.15) is 20.3 Å². The number of hydrogen-bond donors (Lipinski definition) is 0. The average Bonchev–Trinajstić information content (AvgIpc) is 2.83. The van der Waals surface area contributed by atoms with E-state index in [1.807, 2.05) is 0 Å².